The second-order valence-corrected chi connectivity index (χ2v) is 5.66. The molecule has 2 amide bonds. The van der Waals surface area contributed by atoms with Gasteiger partial charge in [-0.15, -0.1) is 0 Å². The summed E-state index contributed by atoms with van der Waals surface area (Å²) in [5, 5.41) is 3.03. The van der Waals surface area contributed by atoms with E-state index in [1.807, 2.05) is 35.2 Å². The molecule has 0 fully saturated rings. The van der Waals surface area contributed by atoms with Gasteiger partial charge >= 0.3 is 6.03 Å². The average Bonchev–Trinajstić information content (AvgIpc) is 2.84. The molecule has 1 heterocycles. The van der Waals surface area contributed by atoms with Gasteiger partial charge < -0.3 is 5.32 Å². The second kappa shape index (κ2) is 5.60. The van der Waals surface area contributed by atoms with Crippen LogP contribution in [0.1, 0.15) is 29.5 Å². The van der Waals surface area contributed by atoms with E-state index in [4.69, 9.17) is 0 Å². The molecular weight excluding hydrogens is 260 g/mol. The molecule has 3 nitrogen and oxygen atoms in total. The largest absolute Gasteiger partial charge is 0.334 e. The van der Waals surface area contributed by atoms with Gasteiger partial charge in [-0.25, -0.2) is 4.79 Å². The first-order valence-electron chi connectivity index (χ1n) is 7.35. The number of hydrogen-bond acceptors (Lipinski definition) is 1. The fraction of sp³-hybridized carbons (Fsp3) is 0.278. The molecule has 108 valence electrons. The van der Waals surface area contributed by atoms with Crippen molar-refractivity contribution in [3.63, 3.8) is 0 Å². The molecular formula is C18H20N2O. The Balaban J connectivity index is 1.71. The number of urea groups is 1. The van der Waals surface area contributed by atoms with Crippen LogP contribution in [0.4, 0.5) is 10.5 Å². The third-order valence-corrected chi connectivity index (χ3v) is 4.15. The predicted octanol–water partition coefficient (Wildman–Crippen LogP) is 3.83. The number of fused-ring (bicyclic) bond motifs is 1. The Labute approximate surface area is 125 Å². The van der Waals surface area contributed by atoms with E-state index in [1.165, 1.54) is 11.1 Å². The Morgan fingerprint density at radius 3 is 2.71 bits per heavy atom. The molecule has 1 atom stereocenters. The minimum Gasteiger partial charge on any atom is -0.334 e. The average molecular weight is 280 g/mol. The van der Waals surface area contributed by atoms with Gasteiger partial charge in [0.15, 0.2) is 0 Å². The molecule has 0 saturated heterocycles. The summed E-state index contributed by atoms with van der Waals surface area (Å²) in [5.74, 6) is 0.394. The Kier molecular flexibility index (Phi) is 3.65. The summed E-state index contributed by atoms with van der Waals surface area (Å²) in [5.41, 5.74) is 4.65. The molecule has 1 aliphatic heterocycles. The summed E-state index contributed by atoms with van der Waals surface area (Å²) >= 11 is 0. The van der Waals surface area contributed by atoms with Crippen LogP contribution in [0.25, 0.3) is 0 Å². The van der Waals surface area contributed by atoms with Crippen molar-refractivity contribution in [2.24, 2.45) is 0 Å². The van der Waals surface area contributed by atoms with E-state index in [9.17, 15) is 4.79 Å². The lowest BCUT2D eigenvalue weighted by atomic mass is 10.0. The van der Waals surface area contributed by atoms with Gasteiger partial charge in [0.25, 0.3) is 0 Å². The number of nitrogens with zero attached hydrogens (tertiary/aromatic N) is 1. The minimum absolute atomic E-state index is 0.0185. The van der Waals surface area contributed by atoms with Gasteiger partial charge in [-0.1, -0.05) is 49.4 Å². The van der Waals surface area contributed by atoms with Crippen LogP contribution >= 0.6 is 0 Å². The molecule has 0 aromatic heterocycles. The van der Waals surface area contributed by atoms with E-state index >= 15 is 0 Å². The number of carbonyl (C=O) groups is 1. The van der Waals surface area contributed by atoms with Gasteiger partial charge in [0.05, 0.1) is 0 Å². The van der Waals surface area contributed by atoms with Crippen molar-refractivity contribution in [1.82, 2.24) is 5.32 Å². The summed E-state index contributed by atoms with van der Waals surface area (Å²) in [7, 11) is 0. The zero-order valence-corrected chi connectivity index (χ0v) is 12.5. The maximum Gasteiger partial charge on any atom is 0.322 e. The van der Waals surface area contributed by atoms with Crippen LogP contribution in [0, 0.1) is 6.92 Å². The molecule has 2 aromatic carbocycles. The van der Waals surface area contributed by atoms with Crippen LogP contribution in [0.5, 0.6) is 0 Å². The topological polar surface area (TPSA) is 32.3 Å². The van der Waals surface area contributed by atoms with Gasteiger partial charge in [0.2, 0.25) is 0 Å². The zero-order chi connectivity index (χ0) is 14.8. The lowest BCUT2D eigenvalue weighted by molar-refractivity contribution is 0.246. The molecule has 1 aliphatic rings. The van der Waals surface area contributed by atoms with Gasteiger partial charge in [-0.2, -0.15) is 0 Å². The van der Waals surface area contributed by atoms with Crippen molar-refractivity contribution in [2.45, 2.75) is 26.3 Å². The highest BCUT2D eigenvalue weighted by atomic mass is 16.2. The Hall–Kier alpha value is -2.29. The van der Waals surface area contributed by atoms with Crippen LogP contribution in [-0.4, -0.2) is 12.6 Å². The maximum absolute atomic E-state index is 12.5. The molecule has 0 saturated carbocycles. The molecule has 0 bridgehead atoms. The molecule has 0 radical (unpaired) electrons. The Bertz CT molecular complexity index is 666. The summed E-state index contributed by atoms with van der Waals surface area (Å²) in [6.07, 6.45) is 0. The summed E-state index contributed by atoms with van der Waals surface area (Å²) in [6.45, 7) is 5.54. The molecule has 3 heteroatoms. The molecule has 0 aliphatic carbocycles. The summed E-state index contributed by atoms with van der Waals surface area (Å²) in [4.78, 5) is 14.3. The number of carbonyl (C=O) groups excluding carboxylic acids is 1. The highest BCUT2D eigenvalue weighted by Crippen LogP contribution is 2.35. The van der Waals surface area contributed by atoms with Crippen molar-refractivity contribution >= 4 is 11.7 Å². The first kappa shape index (κ1) is 13.7. The van der Waals surface area contributed by atoms with E-state index in [1.54, 1.807) is 0 Å². The molecule has 21 heavy (non-hydrogen) atoms. The van der Waals surface area contributed by atoms with Gasteiger partial charge in [0.1, 0.15) is 0 Å². The lowest BCUT2D eigenvalue weighted by Gasteiger charge is -2.18. The monoisotopic (exact) mass is 280 g/mol. The number of amides is 2. The number of aryl methyl sites for hydroxylation is 1. The summed E-state index contributed by atoms with van der Waals surface area (Å²) < 4.78 is 0. The van der Waals surface area contributed by atoms with Crippen molar-refractivity contribution in [1.29, 1.82) is 0 Å². The van der Waals surface area contributed by atoms with Crippen LogP contribution in [0.15, 0.2) is 48.5 Å². The standard InChI is InChI=1S/C18H20N2O/c1-13-7-3-4-8-15(13)11-19-18(21)20-12-14(2)16-9-5-6-10-17(16)20/h3-10,14H,11-12H2,1-2H3,(H,19,21). The third kappa shape index (κ3) is 2.64. The van der Waals surface area contributed by atoms with Gasteiger partial charge in [-0.3, -0.25) is 4.90 Å². The third-order valence-electron chi connectivity index (χ3n) is 4.15. The van der Waals surface area contributed by atoms with Crippen LogP contribution < -0.4 is 10.2 Å². The highest BCUT2D eigenvalue weighted by Gasteiger charge is 2.29. The fourth-order valence-corrected chi connectivity index (χ4v) is 2.89. The molecule has 0 spiro atoms. The van der Waals surface area contributed by atoms with Crippen molar-refractivity contribution in [2.75, 3.05) is 11.4 Å². The van der Waals surface area contributed by atoms with E-state index in [2.05, 4.69) is 37.4 Å². The maximum atomic E-state index is 12.5. The fourth-order valence-electron chi connectivity index (χ4n) is 2.89. The highest BCUT2D eigenvalue weighted by molar-refractivity contribution is 5.94. The smallest absolute Gasteiger partial charge is 0.322 e. The minimum atomic E-state index is -0.0185. The molecule has 1 unspecified atom stereocenters. The first-order chi connectivity index (χ1) is 10.2. The van der Waals surface area contributed by atoms with E-state index in [-0.39, 0.29) is 6.03 Å². The zero-order valence-electron chi connectivity index (χ0n) is 12.5. The van der Waals surface area contributed by atoms with Crippen LogP contribution in [-0.2, 0) is 6.54 Å². The number of nitrogens with one attached hydrogen (secondary N) is 1. The van der Waals surface area contributed by atoms with Crippen molar-refractivity contribution < 1.29 is 4.79 Å². The number of rotatable bonds is 2. The molecule has 3 rings (SSSR count). The normalized spacial score (nSPS) is 16.7. The van der Waals surface area contributed by atoms with Crippen LogP contribution in [0.3, 0.4) is 0 Å². The summed E-state index contributed by atoms with van der Waals surface area (Å²) in [6, 6.07) is 16.3. The predicted molar refractivity (Wildman–Crippen MR) is 85.6 cm³/mol. The van der Waals surface area contributed by atoms with Gasteiger partial charge in [0, 0.05) is 24.7 Å². The van der Waals surface area contributed by atoms with Crippen molar-refractivity contribution in [3.05, 3.63) is 65.2 Å². The number of anilines is 1. The lowest BCUT2D eigenvalue weighted by Crippen LogP contribution is -2.39. The number of hydrogen-bond donors (Lipinski definition) is 1. The first-order valence-corrected chi connectivity index (χ1v) is 7.35. The quantitative estimate of drug-likeness (QED) is 0.891. The van der Waals surface area contributed by atoms with Crippen LogP contribution in [0.2, 0.25) is 0 Å². The van der Waals surface area contributed by atoms with E-state index in [0.717, 1.165) is 17.8 Å². The van der Waals surface area contributed by atoms with E-state index in [0.29, 0.717) is 12.5 Å². The molecule has 1 N–H and O–H groups in total. The number of benzene rings is 2. The van der Waals surface area contributed by atoms with Gasteiger partial charge in [-0.05, 0) is 29.7 Å². The molecule has 2 aromatic rings. The van der Waals surface area contributed by atoms with E-state index < -0.39 is 0 Å². The Morgan fingerprint density at radius 1 is 1.19 bits per heavy atom. The SMILES string of the molecule is Cc1ccccc1CNC(=O)N1CC(C)c2ccccc21. The second-order valence-electron chi connectivity index (χ2n) is 5.66. The van der Waals surface area contributed by atoms with Crippen molar-refractivity contribution in [3.8, 4) is 0 Å². The Morgan fingerprint density at radius 2 is 1.90 bits per heavy atom. The number of para-hydroxylation sites is 1.